The quantitative estimate of drug-likeness (QED) is 0.581. The molecule has 1 heterocycles. The molecule has 8 nitrogen and oxygen atoms in total. The van der Waals surface area contributed by atoms with Gasteiger partial charge in [0.15, 0.2) is 6.61 Å². The van der Waals surface area contributed by atoms with E-state index in [1.54, 1.807) is 51.1 Å². The Morgan fingerprint density at radius 3 is 2.39 bits per heavy atom. The lowest BCUT2D eigenvalue weighted by Gasteiger charge is -2.19. The molecule has 8 heteroatoms. The largest absolute Gasteiger partial charge is 0.462 e. The Hall–Kier alpha value is -3.60. The Balaban J connectivity index is 2.11. The van der Waals surface area contributed by atoms with Gasteiger partial charge in [0.05, 0.1) is 18.2 Å². The van der Waals surface area contributed by atoms with E-state index in [4.69, 9.17) is 14.7 Å². The summed E-state index contributed by atoms with van der Waals surface area (Å²) in [5.74, 6) is -1.84. The second-order valence-corrected chi connectivity index (χ2v) is 5.90. The number of rotatable bonds is 7. The van der Waals surface area contributed by atoms with Crippen molar-refractivity contribution in [3.05, 3.63) is 52.8 Å². The Kier molecular flexibility index (Phi) is 6.93. The molecule has 0 aliphatic carbocycles. The number of aryl methyl sites for hydroxylation is 1. The number of ether oxygens (including phenoxy) is 2. The van der Waals surface area contributed by atoms with E-state index in [-0.39, 0.29) is 24.4 Å². The molecule has 0 spiro atoms. The lowest BCUT2D eigenvalue weighted by Crippen LogP contribution is -2.35. The van der Waals surface area contributed by atoms with Crippen LogP contribution < -0.4 is 4.90 Å². The zero-order chi connectivity index (χ0) is 20.7. The Morgan fingerprint density at radius 2 is 1.79 bits per heavy atom. The third-order valence-electron chi connectivity index (χ3n) is 4.05. The maximum absolute atomic E-state index is 12.4. The van der Waals surface area contributed by atoms with Crippen molar-refractivity contribution in [2.45, 2.75) is 20.8 Å². The van der Waals surface area contributed by atoms with Crippen LogP contribution in [-0.2, 0) is 14.3 Å². The molecule has 0 saturated heterocycles. The van der Waals surface area contributed by atoms with Crippen LogP contribution in [0.1, 0.15) is 39.0 Å². The number of anilines is 1. The van der Waals surface area contributed by atoms with Gasteiger partial charge in [-0.05, 0) is 38.5 Å². The van der Waals surface area contributed by atoms with Gasteiger partial charge in [-0.2, -0.15) is 5.26 Å². The molecule has 2 aromatic rings. The number of H-pyrrole nitrogens is 1. The number of aromatic amines is 1. The summed E-state index contributed by atoms with van der Waals surface area (Å²) in [5.41, 5.74) is 1.76. The van der Waals surface area contributed by atoms with Crippen molar-refractivity contribution in [3.63, 3.8) is 0 Å². The summed E-state index contributed by atoms with van der Waals surface area (Å²) in [5, 5.41) is 8.97. The number of amides is 1. The summed E-state index contributed by atoms with van der Waals surface area (Å²) in [6, 6.07) is 10.5. The molecule has 1 amide bonds. The van der Waals surface area contributed by atoms with Crippen molar-refractivity contribution < 1.29 is 23.9 Å². The molecule has 1 N–H and O–H groups in total. The average Bonchev–Trinajstić information content (AvgIpc) is 2.99. The molecule has 1 aromatic carbocycles. The summed E-state index contributed by atoms with van der Waals surface area (Å²) in [4.78, 5) is 40.9. The number of hydrogen-bond acceptors (Lipinski definition) is 6. The number of carbonyl (C=O) groups is 3. The minimum absolute atomic E-state index is 0.0832. The lowest BCUT2D eigenvalue weighted by molar-refractivity contribution is -0.121. The van der Waals surface area contributed by atoms with Crippen LogP contribution in [0.15, 0.2) is 30.3 Å². The lowest BCUT2D eigenvalue weighted by atomic mass is 10.1. The number of esters is 2. The average molecular weight is 383 g/mol. The van der Waals surface area contributed by atoms with Crippen LogP contribution in [0.3, 0.4) is 0 Å². The predicted octanol–water partition coefficient (Wildman–Crippen LogP) is 2.52. The monoisotopic (exact) mass is 383 g/mol. The van der Waals surface area contributed by atoms with Crippen molar-refractivity contribution in [1.29, 1.82) is 5.26 Å². The summed E-state index contributed by atoms with van der Waals surface area (Å²) in [6.45, 7) is 4.43. The number of para-hydroxylation sites is 1. The molecule has 0 bridgehead atoms. The highest BCUT2D eigenvalue weighted by Crippen LogP contribution is 2.20. The van der Waals surface area contributed by atoms with E-state index in [0.29, 0.717) is 16.9 Å². The molecular weight excluding hydrogens is 362 g/mol. The van der Waals surface area contributed by atoms with Gasteiger partial charge < -0.3 is 14.5 Å². The van der Waals surface area contributed by atoms with Crippen molar-refractivity contribution in [2.75, 3.05) is 24.7 Å². The van der Waals surface area contributed by atoms with Crippen molar-refractivity contribution in [1.82, 2.24) is 4.98 Å². The van der Waals surface area contributed by atoms with Gasteiger partial charge in [-0.25, -0.2) is 9.59 Å². The van der Waals surface area contributed by atoms with Crippen LogP contribution in [0, 0.1) is 25.2 Å². The first kappa shape index (κ1) is 20.7. The molecule has 1 aromatic heterocycles. The van der Waals surface area contributed by atoms with Gasteiger partial charge in [-0.1, -0.05) is 18.2 Å². The number of nitrogens with one attached hydrogen (secondary N) is 1. The van der Waals surface area contributed by atoms with Crippen LogP contribution in [0.5, 0.6) is 0 Å². The van der Waals surface area contributed by atoms with Gasteiger partial charge in [-0.15, -0.1) is 0 Å². The van der Waals surface area contributed by atoms with E-state index in [1.165, 1.54) is 4.90 Å². The van der Waals surface area contributed by atoms with Crippen molar-refractivity contribution >= 4 is 23.5 Å². The zero-order valence-corrected chi connectivity index (χ0v) is 15.9. The Bertz CT molecular complexity index is 912. The molecular formula is C20H21N3O5. The molecule has 2 rings (SSSR count). The first-order chi connectivity index (χ1) is 13.4. The summed E-state index contributed by atoms with van der Waals surface area (Å²) < 4.78 is 10.1. The van der Waals surface area contributed by atoms with E-state index in [0.717, 1.165) is 0 Å². The fraction of sp³-hybridized carbons (Fsp3) is 0.300. The molecule has 28 heavy (non-hydrogen) atoms. The van der Waals surface area contributed by atoms with E-state index < -0.39 is 24.5 Å². The van der Waals surface area contributed by atoms with E-state index in [2.05, 4.69) is 4.98 Å². The van der Waals surface area contributed by atoms with E-state index in [9.17, 15) is 14.4 Å². The van der Waals surface area contributed by atoms with Gasteiger partial charge in [0, 0.05) is 11.4 Å². The van der Waals surface area contributed by atoms with E-state index >= 15 is 0 Å². The fourth-order valence-electron chi connectivity index (χ4n) is 2.74. The number of nitriles is 1. The van der Waals surface area contributed by atoms with Gasteiger partial charge in [0.25, 0.3) is 5.91 Å². The first-order valence-corrected chi connectivity index (χ1v) is 8.66. The topological polar surface area (TPSA) is 112 Å². The standard InChI is InChI=1S/C20H21N3O5/c1-4-27-19(25)17-13(2)18(22-14(17)3)20(26)28-12-16(24)23(11-10-21)15-8-6-5-7-9-15/h5-9,22H,4,11-12H2,1-3H3. The maximum atomic E-state index is 12.4. The maximum Gasteiger partial charge on any atom is 0.355 e. The number of aromatic nitrogens is 1. The Labute approximate surface area is 162 Å². The number of carbonyl (C=O) groups excluding carboxylic acids is 3. The minimum Gasteiger partial charge on any atom is -0.462 e. The number of hydrogen-bond donors (Lipinski definition) is 1. The molecule has 0 aliphatic heterocycles. The number of nitrogens with zero attached hydrogens (tertiary/aromatic N) is 2. The second kappa shape index (κ2) is 9.37. The van der Waals surface area contributed by atoms with Gasteiger partial charge in [-0.3, -0.25) is 9.69 Å². The highest BCUT2D eigenvalue weighted by molar-refractivity contribution is 6.00. The van der Waals surface area contributed by atoms with Crippen LogP contribution in [-0.4, -0.2) is 42.6 Å². The molecule has 0 saturated carbocycles. The van der Waals surface area contributed by atoms with Crippen molar-refractivity contribution in [3.8, 4) is 6.07 Å². The third kappa shape index (κ3) is 4.57. The fourth-order valence-corrected chi connectivity index (χ4v) is 2.74. The third-order valence-corrected chi connectivity index (χ3v) is 4.05. The van der Waals surface area contributed by atoms with Crippen LogP contribution >= 0.6 is 0 Å². The molecule has 146 valence electrons. The molecule has 0 unspecified atom stereocenters. The summed E-state index contributed by atoms with van der Waals surface area (Å²) >= 11 is 0. The van der Waals surface area contributed by atoms with Gasteiger partial charge >= 0.3 is 11.9 Å². The highest BCUT2D eigenvalue weighted by atomic mass is 16.5. The first-order valence-electron chi connectivity index (χ1n) is 8.66. The SMILES string of the molecule is CCOC(=O)c1c(C)[nH]c(C(=O)OCC(=O)N(CC#N)c2ccccc2)c1C. The van der Waals surface area contributed by atoms with E-state index in [1.807, 2.05) is 6.07 Å². The van der Waals surface area contributed by atoms with Crippen LogP contribution in [0.4, 0.5) is 5.69 Å². The molecule has 0 aliphatic rings. The molecule has 0 fully saturated rings. The summed E-state index contributed by atoms with van der Waals surface area (Å²) in [7, 11) is 0. The normalized spacial score (nSPS) is 10.1. The van der Waals surface area contributed by atoms with Crippen LogP contribution in [0.2, 0.25) is 0 Å². The highest BCUT2D eigenvalue weighted by Gasteiger charge is 2.25. The van der Waals surface area contributed by atoms with Crippen LogP contribution in [0.25, 0.3) is 0 Å². The Morgan fingerprint density at radius 1 is 1.11 bits per heavy atom. The molecule has 0 radical (unpaired) electrons. The minimum atomic E-state index is -0.769. The second-order valence-electron chi connectivity index (χ2n) is 5.90. The molecule has 0 atom stereocenters. The summed E-state index contributed by atoms with van der Waals surface area (Å²) in [6.07, 6.45) is 0. The zero-order valence-electron chi connectivity index (χ0n) is 15.9. The predicted molar refractivity (Wildman–Crippen MR) is 101 cm³/mol. The van der Waals surface area contributed by atoms with Gasteiger partial charge in [0.1, 0.15) is 12.2 Å². The van der Waals surface area contributed by atoms with Crippen molar-refractivity contribution in [2.24, 2.45) is 0 Å². The smallest absolute Gasteiger partial charge is 0.355 e. The van der Waals surface area contributed by atoms with Gasteiger partial charge in [0.2, 0.25) is 0 Å². The number of benzene rings is 1.